The third-order valence-electron chi connectivity index (χ3n) is 4.38. The molecule has 0 amide bonds. The van der Waals surface area contributed by atoms with Crippen LogP contribution in [0.1, 0.15) is 35.3 Å². The van der Waals surface area contributed by atoms with Crippen LogP contribution in [-0.2, 0) is 0 Å². The Hall–Kier alpha value is -1.81. The van der Waals surface area contributed by atoms with Gasteiger partial charge in [-0.25, -0.2) is 0 Å². The van der Waals surface area contributed by atoms with Crippen LogP contribution in [0.25, 0.3) is 0 Å². The van der Waals surface area contributed by atoms with E-state index in [1.807, 2.05) is 48.5 Å². The molecule has 0 aliphatic heterocycles. The third kappa shape index (κ3) is 5.10. The fourth-order valence-electron chi connectivity index (χ4n) is 2.87. The molecule has 0 spiro atoms. The number of rotatable bonds is 6. The molecule has 2 nitrogen and oxygen atoms in total. The normalized spacial score (nSPS) is 13.2. The third-order valence-corrected chi connectivity index (χ3v) is 5.16. The first-order valence-electron chi connectivity index (χ1n) is 8.53. The SMILES string of the molecule is Cc1ccc(NC(CC(O)c2ccc(Br)cc2)c2ccc(Cl)cc2)cc1. The summed E-state index contributed by atoms with van der Waals surface area (Å²) >= 11 is 9.47. The number of halogens is 2. The maximum atomic E-state index is 10.7. The lowest BCUT2D eigenvalue weighted by Crippen LogP contribution is -2.15. The highest BCUT2D eigenvalue weighted by atomic mass is 79.9. The predicted molar refractivity (Wildman–Crippen MR) is 113 cm³/mol. The molecule has 2 atom stereocenters. The van der Waals surface area contributed by atoms with E-state index in [1.54, 1.807) is 0 Å². The second-order valence-corrected chi connectivity index (χ2v) is 7.77. The monoisotopic (exact) mass is 429 g/mol. The van der Waals surface area contributed by atoms with Gasteiger partial charge in [-0.3, -0.25) is 0 Å². The van der Waals surface area contributed by atoms with Crippen molar-refractivity contribution in [2.75, 3.05) is 5.32 Å². The van der Waals surface area contributed by atoms with Crippen molar-refractivity contribution in [3.05, 3.63) is 99.0 Å². The van der Waals surface area contributed by atoms with E-state index in [1.165, 1.54) is 5.56 Å². The van der Waals surface area contributed by atoms with Crippen LogP contribution < -0.4 is 5.32 Å². The summed E-state index contributed by atoms with van der Waals surface area (Å²) in [5, 5.41) is 15.0. The Balaban J connectivity index is 1.83. The lowest BCUT2D eigenvalue weighted by molar-refractivity contribution is 0.160. The maximum Gasteiger partial charge on any atom is 0.0813 e. The average molecular weight is 431 g/mol. The second-order valence-electron chi connectivity index (χ2n) is 6.42. The van der Waals surface area contributed by atoms with Crippen molar-refractivity contribution in [1.82, 2.24) is 0 Å². The zero-order valence-corrected chi connectivity index (χ0v) is 16.8. The van der Waals surface area contributed by atoms with Gasteiger partial charge in [0, 0.05) is 21.6 Å². The molecule has 0 saturated heterocycles. The topological polar surface area (TPSA) is 32.3 Å². The van der Waals surface area contributed by atoms with E-state index in [4.69, 9.17) is 11.6 Å². The average Bonchev–Trinajstić information content (AvgIpc) is 2.64. The first-order chi connectivity index (χ1) is 12.5. The minimum Gasteiger partial charge on any atom is -0.388 e. The molecule has 0 aliphatic carbocycles. The van der Waals surface area contributed by atoms with E-state index < -0.39 is 6.10 Å². The summed E-state index contributed by atoms with van der Waals surface area (Å²) in [7, 11) is 0. The van der Waals surface area contributed by atoms with Crippen molar-refractivity contribution in [1.29, 1.82) is 0 Å². The summed E-state index contributed by atoms with van der Waals surface area (Å²) in [5.74, 6) is 0. The molecular formula is C22H21BrClNO. The quantitative estimate of drug-likeness (QED) is 0.456. The number of nitrogens with one attached hydrogen (secondary N) is 1. The molecule has 0 fully saturated rings. The molecule has 4 heteroatoms. The smallest absolute Gasteiger partial charge is 0.0813 e. The van der Waals surface area contributed by atoms with Crippen LogP contribution in [0.5, 0.6) is 0 Å². The number of aryl methyl sites for hydroxylation is 1. The lowest BCUT2D eigenvalue weighted by atomic mass is 9.96. The van der Waals surface area contributed by atoms with Gasteiger partial charge in [-0.1, -0.05) is 69.5 Å². The largest absolute Gasteiger partial charge is 0.388 e. The van der Waals surface area contributed by atoms with Gasteiger partial charge in [-0.05, 0) is 54.4 Å². The van der Waals surface area contributed by atoms with E-state index in [0.29, 0.717) is 11.4 Å². The molecule has 0 aromatic heterocycles. The molecule has 0 heterocycles. The highest BCUT2D eigenvalue weighted by Crippen LogP contribution is 2.31. The molecule has 0 bridgehead atoms. The van der Waals surface area contributed by atoms with E-state index in [0.717, 1.165) is 21.3 Å². The first-order valence-corrected chi connectivity index (χ1v) is 9.70. The van der Waals surface area contributed by atoms with E-state index in [2.05, 4.69) is 52.4 Å². The van der Waals surface area contributed by atoms with Crippen molar-refractivity contribution in [2.45, 2.75) is 25.5 Å². The van der Waals surface area contributed by atoms with Crippen molar-refractivity contribution >= 4 is 33.2 Å². The Morgan fingerprint density at radius 1 is 0.885 bits per heavy atom. The minimum atomic E-state index is -0.568. The summed E-state index contributed by atoms with van der Waals surface area (Å²) in [6.07, 6.45) is -0.0151. The zero-order valence-electron chi connectivity index (χ0n) is 14.5. The number of aliphatic hydroxyl groups is 1. The standard InChI is InChI=1S/C22H21BrClNO/c1-15-2-12-20(13-3-15)25-21(16-6-10-19(24)11-7-16)14-22(26)17-4-8-18(23)9-5-17/h2-13,21-22,25-26H,14H2,1H3. The minimum absolute atomic E-state index is 0.0337. The van der Waals surface area contributed by atoms with Crippen molar-refractivity contribution in [3.8, 4) is 0 Å². The van der Waals surface area contributed by atoms with Crippen molar-refractivity contribution < 1.29 is 5.11 Å². The number of aliphatic hydroxyl groups excluding tert-OH is 1. The Bertz CT molecular complexity index is 832. The van der Waals surface area contributed by atoms with Crippen LogP contribution >= 0.6 is 27.5 Å². The van der Waals surface area contributed by atoms with Crippen LogP contribution in [0.3, 0.4) is 0 Å². The van der Waals surface area contributed by atoms with Gasteiger partial charge in [0.1, 0.15) is 0 Å². The van der Waals surface area contributed by atoms with Crippen molar-refractivity contribution in [3.63, 3.8) is 0 Å². The van der Waals surface area contributed by atoms with Crippen LogP contribution in [0.2, 0.25) is 5.02 Å². The Morgan fingerprint density at radius 3 is 2.08 bits per heavy atom. The highest BCUT2D eigenvalue weighted by Gasteiger charge is 2.18. The molecule has 2 unspecified atom stereocenters. The van der Waals surface area contributed by atoms with E-state index in [-0.39, 0.29) is 6.04 Å². The summed E-state index contributed by atoms with van der Waals surface area (Å²) in [6.45, 7) is 2.07. The molecule has 0 radical (unpaired) electrons. The Morgan fingerprint density at radius 2 is 1.46 bits per heavy atom. The number of anilines is 1. The molecule has 3 rings (SSSR count). The molecule has 3 aromatic rings. The maximum absolute atomic E-state index is 10.7. The van der Waals surface area contributed by atoms with Crippen LogP contribution in [0, 0.1) is 6.92 Å². The number of benzene rings is 3. The fraction of sp³-hybridized carbons (Fsp3) is 0.182. The Kier molecular flexibility index (Phi) is 6.36. The number of hydrogen-bond donors (Lipinski definition) is 2. The van der Waals surface area contributed by atoms with Gasteiger partial charge in [0.05, 0.1) is 12.1 Å². The summed E-state index contributed by atoms with van der Waals surface area (Å²) in [6, 6.07) is 23.8. The highest BCUT2D eigenvalue weighted by molar-refractivity contribution is 9.10. The molecule has 0 saturated carbocycles. The molecule has 0 aliphatic rings. The van der Waals surface area contributed by atoms with E-state index >= 15 is 0 Å². The van der Waals surface area contributed by atoms with Gasteiger partial charge in [0.2, 0.25) is 0 Å². The second kappa shape index (κ2) is 8.72. The van der Waals surface area contributed by atoms with Gasteiger partial charge in [-0.2, -0.15) is 0 Å². The summed E-state index contributed by atoms with van der Waals surface area (Å²) in [5.41, 5.74) is 4.23. The molecule has 2 N–H and O–H groups in total. The predicted octanol–water partition coefficient (Wildman–Crippen LogP) is 6.69. The summed E-state index contributed by atoms with van der Waals surface area (Å²) < 4.78 is 1.00. The van der Waals surface area contributed by atoms with Crippen LogP contribution in [-0.4, -0.2) is 5.11 Å². The van der Waals surface area contributed by atoms with Gasteiger partial charge >= 0.3 is 0 Å². The van der Waals surface area contributed by atoms with Gasteiger partial charge in [0.25, 0.3) is 0 Å². The van der Waals surface area contributed by atoms with Gasteiger partial charge in [-0.15, -0.1) is 0 Å². The molecule has 3 aromatic carbocycles. The van der Waals surface area contributed by atoms with Gasteiger partial charge in [0.15, 0.2) is 0 Å². The molecule has 26 heavy (non-hydrogen) atoms. The first kappa shape index (κ1) is 19.0. The zero-order chi connectivity index (χ0) is 18.5. The van der Waals surface area contributed by atoms with Crippen LogP contribution in [0.4, 0.5) is 5.69 Å². The Labute approximate surface area is 168 Å². The van der Waals surface area contributed by atoms with Crippen LogP contribution in [0.15, 0.2) is 77.3 Å². The molecule has 134 valence electrons. The fourth-order valence-corrected chi connectivity index (χ4v) is 3.26. The van der Waals surface area contributed by atoms with Gasteiger partial charge < -0.3 is 10.4 Å². The van der Waals surface area contributed by atoms with Crippen molar-refractivity contribution in [2.24, 2.45) is 0 Å². The lowest BCUT2D eigenvalue weighted by Gasteiger charge is -2.24. The molecular weight excluding hydrogens is 410 g/mol. The summed E-state index contributed by atoms with van der Waals surface area (Å²) in [4.78, 5) is 0. The van der Waals surface area contributed by atoms with E-state index in [9.17, 15) is 5.11 Å². The number of hydrogen-bond acceptors (Lipinski definition) is 2.